The van der Waals surface area contributed by atoms with E-state index in [1.165, 1.54) is 20.8 Å². The van der Waals surface area contributed by atoms with Gasteiger partial charge in [-0.3, -0.25) is 29.2 Å². The second kappa shape index (κ2) is 5.27. The minimum absolute atomic E-state index is 0.266. The van der Waals surface area contributed by atoms with Gasteiger partial charge in [-0.1, -0.05) is 0 Å². The molecule has 20 heavy (non-hydrogen) atoms. The van der Waals surface area contributed by atoms with Gasteiger partial charge < -0.3 is 4.74 Å². The molecule has 1 fully saturated rings. The number of ketones is 1. The van der Waals surface area contributed by atoms with Gasteiger partial charge in [0.25, 0.3) is 11.8 Å². The van der Waals surface area contributed by atoms with E-state index in [0.717, 1.165) is 0 Å². The third-order valence-corrected chi connectivity index (χ3v) is 2.65. The highest BCUT2D eigenvalue weighted by Crippen LogP contribution is 2.36. The summed E-state index contributed by atoms with van der Waals surface area (Å²) in [5, 5.41) is 9.00. The average Bonchev–Trinajstić information content (AvgIpc) is 2.53. The van der Waals surface area contributed by atoms with Crippen molar-refractivity contribution >= 4 is 23.6 Å². The lowest BCUT2D eigenvalue weighted by atomic mass is 9.81. The first-order valence-corrected chi connectivity index (χ1v) is 5.71. The molecule has 0 radical (unpaired) electrons. The van der Waals surface area contributed by atoms with Crippen LogP contribution in [0, 0.1) is 5.41 Å². The molecule has 0 aromatic carbocycles. The first-order chi connectivity index (χ1) is 9.06. The summed E-state index contributed by atoms with van der Waals surface area (Å²) >= 11 is 0. The van der Waals surface area contributed by atoms with E-state index in [1.54, 1.807) is 0 Å². The van der Waals surface area contributed by atoms with Gasteiger partial charge in [-0.25, -0.2) is 5.90 Å². The Hall–Kier alpha value is -1.84. The predicted molar refractivity (Wildman–Crippen MR) is 61.7 cm³/mol. The number of nitrogens with two attached hydrogens (primary N) is 1. The van der Waals surface area contributed by atoms with Gasteiger partial charge in [0.1, 0.15) is 12.2 Å². The van der Waals surface area contributed by atoms with Crippen molar-refractivity contribution in [3.63, 3.8) is 0 Å². The molecule has 1 heterocycles. The summed E-state index contributed by atoms with van der Waals surface area (Å²) in [5.41, 5.74) is -3.43. The van der Waals surface area contributed by atoms with Gasteiger partial charge in [-0.15, -0.1) is 0 Å². The number of carbonyl (C=O) groups excluding carboxylic acids is 4. The fourth-order valence-corrected chi connectivity index (χ4v) is 1.73. The van der Waals surface area contributed by atoms with Crippen molar-refractivity contribution in [2.75, 3.05) is 6.61 Å². The summed E-state index contributed by atoms with van der Waals surface area (Å²) < 4.78 is 4.99. The van der Waals surface area contributed by atoms with E-state index in [2.05, 4.69) is 4.84 Å². The van der Waals surface area contributed by atoms with E-state index in [1.807, 2.05) is 0 Å². The number of Topliss-reactive ketones (excluding diaryl/α,β-unsaturated/α-hetero) is 1. The number of hydroxylamine groups is 2. The SMILES string of the molecule is CC(C)(C)OC(=O)C1(C(=O)CON)CC(=O)N(O)C1=O. The van der Waals surface area contributed by atoms with Crippen molar-refractivity contribution in [2.24, 2.45) is 11.3 Å². The van der Waals surface area contributed by atoms with Gasteiger partial charge in [0.05, 0.1) is 6.42 Å². The highest BCUT2D eigenvalue weighted by Gasteiger charge is 2.63. The monoisotopic (exact) mass is 288 g/mol. The smallest absolute Gasteiger partial charge is 0.330 e. The molecule has 9 nitrogen and oxygen atoms in total. The Morgan fingerprint density at radius 2 is 1.95 bits per heavy atom. The maximum Gasteiger partial charge on any atom is 0.330 e. The number of hydrogen-bond acceptors (Lipinski definition) is 8. The van der Waals surface area contributed by atoms with Gasteiger partial charge in [0.2, 0.25) is 5.41 Å². The molecule has 2 amide bonds. The topological polar surface area (TPSA) is 136 Å². The number of ether oxygens (including phenoxy) is 1. The van der Waals surface area contributed by atoms with Crippen molar-refractivity contribution in [2.45, 2.75) is 32.8 Å². The van der Waals surface area contributed by atoms with E-state index >= 15 is 0 Å². The van der Waals surface area contributed by atoms with Crippen molar-refractivity contribution in [1.82, 2.24) is 5.06 Å². The van der Waals surface area contributed by atoms with Crippen LogP contribution in [0.4, 0.5) is 0 Å². The van der Waals surface area contributed by atoms with Crippen molar-refractivity contribution < 1.29 is 34.0 Å². The number of esters is 1. The standard InChI is InChI=1S/C11H16N2O7/c1-10(2,3)20-9(17)11(6(14)5-19-12)4-7(15)13(18)8(11)16/h18H,4-5,12H2,1-3H3. The first kappa shape index (κ1) is 16.2. The van der Waals surface area contributed by atoms with Crippen LogP contribution in [-0.4, -0.2) is 46.0 Å². The molecule has 1 rings (SSSR count). The van der Waals surface area contributed by atoms with Crippen LogP contribution < -0.4 is 5.90 Å². The van der Waals surface area contributed by atoms with Crippen LogP contribution in [0.5, 0.6) is 0 Å². The average molecular weight is 288 g/mol. The molecular formula is C11H16N2O7. The molecule has 0 aromatic rings. The molecule has 0 bridgehead atoms. The van der Waals surface area contributed by atoms with Gasteiger partial charge in [-0.2, -0.15) is 5.06 Å². The minimum Gasteiger partial charge on any atom is -0.459 e. The highest BCUT2D eigenvalue weighted by molar-refractivity contribution is 6.29. The number of hydrogen-bond donors (Lipinski definition) is 2. The first-order valence-electron chi connectivity index (χ1n) is 5.71. The zero-order valence-corrected chi connectivity index (χ0v) is 11.3. The summed E-state index contributed by atoms with van der Waals surface area (Å²) in [6, 6.07) is 0. The molecule has 0 saturated carbocycles. The highest BCUT2D eigenvalue weighted by atomic mass is 16.6. The fourth-order valence-electron chi connectivity index (χ4n) is 1.73. The zero-order valence-electron chi connectivity index (χ0n) is 11.3. The Labute approximate surface area is 114 Å². The molecule has 0 aliphatic carbocycles. The summed E-state index contributed by atoms with van der Waals surface area (Å²) in [6.45, 7) is 3.81. The Morgan fingerprint density at radius 3 is 2.30 bits per heavy atom. The maximum atomic E-state index is 12.2. The quantitative estimate of drug-likeness (QED) is 0.219. The molecule has 1 aliphatic heterocycles. The molecule has 9 heteroatoms. The van der Waals surface area contributed by atoms with Crippen LogP contribution >= 0.6 is 0 Å². The predicted octanol–water partition coefficient (Wildman–Crippen LogP) is -1.08. The van der Waals surface area contributed by atoms with Crippen molar-refractivity contribution in [1.29, 1.82) is 0 Å². The van der Waals surface area contributed by atoms with Gasteiger partial charge in [-0.05, 0) is 20.8 Å². The molecular weight excluding hydrogens is 272 g/mol. The number of nitrogens with zero attached hydrogens (tertiary/aromatic N) is 1. The summed E-state index contributed by atoms with van der Waals surface area (Å²) in [6.07, 6.45) is -0.820. The fraction of sp³-hybridized carbons (Fsp3) is 0.636. The third-order valence-electron chi connectivity index (χ3n) is 2.65. The van der Waals surface area contributed by atoms with Crippen LogP contribution in [0.2, 0.25) is 0 Å². The lowest BCUT2D eigenvalue weighted by Gasteiger charge is -2.27. The summed E-state index contributed by atoms with van der Waals surface area (Å²) in [4.78, 5) is 51.6. The van der Waals surface area contributed by atoms with Crippen LogP contribution in [0.25, 0.3) is 0 Å². The van der Waals surface area contributed by atoms with Crippen LogP contribution in [-0.2, 0) is 28.8 Å². The Kier molecular flexibility index (Phi) is 4.27. The largest absolute Gasteiger partial charge is 0.459 e. The van der Waals surface area contributed by atoms with E-state index < -0.39 is 47.6 Å². The normalized spacial score (nSPS) is 23.1. The number of imide groups is 1. The molecule has 1 atom stereocenters. The molecule has 1 unspecified atom stereocenters. The van der Waals surface area contributed by atoms with Crippen LogP contribution in [0.15, 0.2) is 0 Å². The molecule has 0 spiro atoms. The lowest BCUT2D eigenvalue weighted by Crippen LogP contribution is -2.50. The van der Waals surface area contributed by atoms with Crippen molar-refractivity contribution in [3.05, 3.63) is 0 Å². The number of rotatable bonds is 4. The van der Waals surface area contributed by atoms with Gasteiger partial charge in [0, 0.05) is 0 Å². The van der Waals surface area contributed by atoms with Crippen molar-refractivity contribution in [3.8, 4) is 0 Å². The van der Waals surface area contributed by atoms with Crippen LogP contribution in [0.3, 0.4) is 0 Å². The number of amides is 2. The maximum absolute atomic E-state index is 12.2. The Morgan fingerprint density at radius 1 is 1.40 bits per heavy atom. The van der Waals surface area contributed by atoms with E-state index in [4.69, 9.17) is 10.6 Å². The van der Waals surface area contributed by atoms with E-state index in [9.17, 15) is 24.4 Å². The van der Waals surface area contributed by atoms with Gasteiger partial charge >= 0.3 is 5.97 Å². The van der Waals surface area contributed by atoms with Gasteiger partial charge in [0.15, 0.2) is 5.78 Å². The molecule has 112 valence electrons. The number of carbonyl (C=O) groups is 4. The second-order valence-corrected chi connectivity index (χ2v) is 5.33. The molecule has 1 saturated heterocycles. The Balaban J connectivity index is 3.23. The molecule has 0 aromatic heterocycles. The van der Waals surface area contributed by atoms with E-state index in [0.29, 0.717) is 0 Å². The summed E-state index contributed by atoms with van der Waals surface area (Å²) in [5.74, 6) is 0.0409. The molecule has 1 aliphatic rings. The minimum atomic E-state index is -2.45. The Bertz CT molecular complexity index is 468. The third kappa shape index (κ3) is 2.69. The molecule has 3 N–H and O–H groups in total. The lowest BCUT2D eigenvalue weighted by molar-refractivity contribution is -0.182. The zero-order chi connectivity index (χ0) is 15.7. The summed E-state index contributed by atoms with van der Waals surface area (Å²) in [7, 11) is 0. The van der Waals surface area contributed by atoms with Crippen LogP contribution in [0.1, 0.15) is 27.2 Å². The second-order valence-electron chi connectivity index (χ2n) is 5.33. The van der Waals surface area contributed by atoms with E-state index in [-0.39, 0.29) is 5.06 Å².